The largest absolute Gasteiger partial charge is 0.490 e. The second kappa shape index (κ2) is 4.97. The zero-order chi connectivity index (χ0) is 14.0. The molecule has 0 amide bonds. The van der Waals surface area contributed by atoms with Crippen molar-refractivity contribution in [3.63, 3.8) is 0 Å². The van der Waals surface area contributed by atoms with Gasteiger partial charge in [0.2, 0.25) is 6.79 Å². The van der Waals surface area contributed by atoms with Gasteiger partial charge in [0.25, 0.3) is 0 Å². The molecule has 0 aliphatic carbocycles. The van der Waals surface area contributed by atoms with Crippen molar-refractivity contribution in [3.8, 4) is 17.2 Å². The van der Waals surface area contributed by atoms with Gasteiger partial charge in [-0.3, -0.25) is 4.79 Å². The molecule has 0 bridgehead atoms. The molecular formula is C13H17NO5. The molecular weight excluding hydrogens is 250 g/mol. The van der Waals surface area contributed by atoms with E-state index >= 15 is 0 Å². The summed E-state index contributed by atoms with van der Waals surface area (Å²) in [6.07, 6.45) is -0.122. The second-order valence-electron chi connectivity index (χ2n) is 4.87. The first kappa shape index (κ1) is 13.5. The Morgan fingerprint density at radius 3 is 2.89 bits per heavy atom. The molecule has 0 saturated carbocycles. The van der Waals surface area contributed by atoms with Crippen molar-refractivity contribution < 1.29 is 24.1 Å². The number of nitrogens with two attached hydrogens (primary N) is 1. The average Bonchev–Trinajstić information content (AvgIpc) is 2.74. The summed E-state index contributed by atoms with van der Waals surface area (Å²) in [6, 6.07) is 5.22. The van der Waals surface area contributed by atoms with E-state index < -0.39 is 11.5 Å². The molecule has 1 aromatic rings. The highest BCUT2D eigenvalue weighted by atomic mass is 16.7. The minimum Gasteiger partial charge on any atom is -0.490 e. The third-order valence-electron chi connectivity index (χ3n) is 2.88. The van der Waals surface area contributed by atoms with Gasteiger partial charge < -0.3 is 25.1 Å². The van der Waals surface area contributed by atoms with Crippen LogP contribution in [0.5, 0.6) is 17.2 Å². The van der Waals surface area contributed by atoms with Gasteiger partial charge >= 0.3 is 5.97 Å². The lowest BCUT2D eigenvalue weighted by Gasteiger charge is -2.24. The van der Waals surface area contributed by atoms with Crippen LogP contribution in [0, 0.1) is 0 Å². The van der Waals surface area contributed by atoms with Crippen molar-refractivity contribution in [2.45, 2.75) is 31.9 Å². The van der Waals surface area contributed by atoms with E-state index in [1.54, 1.807) is 25.1 Å². The predicted molar refractivity (Wildman–Crippen MR) is 67.5 cm³/mol. The van der Waals surface area contributed by atoms with E-state index in [9.17, 15) is 4.79 Å². The van der Waals surface area contributed by atoms with Crippen molar-refractivity contribution in [1.29, 1.82) is 0 Å². The molecule has 19 heavy (non-hydrogen) atoms. The van der Waals surface area contributed by atoms with E-state index in [0.29, 0.717) is 17.2 Å². The third kappa shape index (κ3) is 3.08. The van der Waals surface area contributed by atoms with Crippen LogP contribution in [0.25, 0.3) is 0 Å². The fraction of sp³-hybridized carbons (Fsp3) is 0.462. The first-order valence-corrected chi connectivity index (χ1v) is 5.97. The van der Waals surface area contributed by atoms with Crippen molar-refractivity contribution >= 4 is 5.97 Å². The van der Waals surface area contributed by atoms with Crippen LogP contribution in [0.15, 0.2) is 18.2 Å². The van der Waals surface area contributed by atoms with Crippen LogP contribution >= 0.6 is 0 Å². The topological polar surface area (TPSA) is 91.0 Å². The molecule has 1 aliphatic rings. The predicted octanol–water partition coefficient (Wildman–Crippen LogP) is 1.37. The van der Waals surface area contributed by atoms with Crippen LogP contribution in [-0.2, 0) is 4.79 Å². The van der Waals surface area contributed by atoms with Crippen LogP contribution < -0.4 is 19.9 Å². The van der Waals surface area contributed by atoms with E-state index in [-0.39, 0.29) is 19.3 Å². The van der Waals surface area contributed by atoms with Gasteiger partial charge in [0.15, 0.2) is 11.5 Å². The Balaban J connectivity index is 1.99. The number of hydrogen-bond donors (Lipinski definition) is 2. The number of fused-ring (bicyclic) bond motifs is 1. The Labute approximate surface area is 111 Å². The Morgan fingerprint density at radius 2 is 2.21 bits per heavy atom. The molecule has 0 aromatic heterocycles. The average molecular weight is 267 g/mol. The summed E-state index contributed by atoms with van der Waals surface area (Å²) < 4.78 is 16.1. The molecule has 1 heterocycles. The molecule has 2 atom stereocenters. The molecule has 1 aliphatic heterocycles. The SMILES string of the molecule is CC(CC(C)(N)C(=O)O)Oc1ccc2c(c1)OCO2. The summed E-state index contributed by atoms with van der Waals surface area (Å²) in [7, 11) is 0. The highest BCUT2D eigenvalue weighted by Gasteiger charge is 2.30. The van der Waals surface area contributed by atoms with Crippen molar-refractivity contribution in [3.05, 3.63) is 18.2 Å². The Bertz CT molecular complexity index is 486. The van der Waals surface area contributed by atoms with Gasteiger partial charge in [-0.15, -0.1) is 0 Å². The second-order valence-corrected chi connectivity index (χ2v) is 4.87. The normalized spacial score (nSPS) is 17.6. The molecule has 0 fully saturated rings. The number of benzene rings is 1. The lowest BCUT2D eigenvalue weighted by molar-refractivity contribution is -0.143. The fourth-order valence-electron chi connectivity index (χ4n) is 1.91. The van der Waals surface area contributed by atoms with Gasteiger partial charge in [0.1, 0.15) is 11.3 Å². The van der Waals surface area contributed by atoms with Crippen LogP contribution in [-0.4, -0.2) is 29.5 Å². The molecule has 2 unspecified atom stereocenters. The lowest BCUT2D eigenvalue weighted by Crippen LogP contribution is -2.47. The molecule has 0 radical (unpaired) electrons. The van der Waals surface area contributed by atoms with Gasteiger partial charge in [0, 0.05) is 12.5 Å². The standard InChI is InChI=1S/C13H17NO5/c1-8(6-13(2,14)12(15)16)19-9-3-4-10-11(5-9)18-7-17-10/h3-5,8H,6-7,14H2,1-2H3,(H,15,16). The minimum atomic E-state index is -1.31. The van der Waals surface area contributed by atoms with Crippen molar-refractivity contribution in [1.82, 2.24) is 0 Å². The van der Waals surface area contributed by atoms with E-state index in [4.69, 9.17) is 25.1 Å². The zero-order valence-corrected chi connectivity index (χ0v) is 10.9. The monoisotopic (exact) mass is 267 g/mol. The number of aliphatic carboxylic acids is 1. The summed E-state index contributed by atoms with van der Waals surface area (Å²) in [5.41, 5.74) is 4.37. The van der Waals surface area contributed by atoms with E-state index in [1.165, 1.54) is 6.92 Å². The highest BCUT2D eigenvalue weighted by Crippen LogP contribution is 2.35. The Hall–Kier alpha value is -1.95. The van der Waals surface area contributed by atoms with Crippen LogP contribution in [0.2, 0.25) is 0 Å². The number of carboxylic acids is 1. The van der Waals surface area contributed by atoms with Gasteiger partial charge in [-0.1, -0.05) is 0 Å². The quantitative estimate of drug-likeness (QED) is 0.837. The minimum absolute atomic E-state index is 0.203. The van der Waals surface area contributed by atoms with E-state index in [0.717, 1.165) is 0 Å². The fourth-order valence-corrected chi connectivity index (χ4v) is 1.91. The van der Waals surface area contributed by atoms with Gasteiger partial charge in [-0.25, -0.2) is 0 Å². The summed E-state index contributed by atoms with van der Waals surface area (Å²) in [6.45, 7) is 3.45. The van der Waals surface area contributed by atoms with Crippen LogP contribution in [0.1, 0.15) is 20.3 Å². The molecule has 104 valence electrons. The Morgan fingerprint density at radius 1 is 1.53 bits per heavy atom. The maximum atomic E-state index is 10.9. The molecule has 1 aromatic carbocycles. The first-order chi connectivity index (χ1) is 8.88. The van der Waals surface area contributed by atoms with Crippen molar-refractivity contribution in [2.75, 3.05) is 6.79 Å². The smallest absolute Gasteiger partial charge is 0.323 e. The molecule has 0 spiro atoms. The number of carbonyl (C=O) groups is 1. The number of ether oxygens (including phenoxy) is 3. The van der Waals surface area contributed by atoms with E-state index in [1.807, 2.05) is 0 Å². The maximum Gasteiger partial charge on any atom is 0.323 e. The number of carboxylic acid groups (broad SMARTS) is 1. The summed E-state index contributed by atoms with van der Waals surface area (Å²) in [5.74, 6) is 0.847. The lowest BCUT2D eigenvalue weighted by atomic mass is 9.96. The van der Waals surface area contributed by atoms with Crippen molar-refractivity contribution in [2.24, 2.45) is 5.73 Å². The summed E-state index contributed by atoms with van der Waals surface area (Å²) in [4.78, 5) is 10.9. The van der Waals surface area contributed by atoms with Crippen LogP contribution in [0.3, 0.4) is 0 Å². The maximum absolute atomic E-state index is 10.9. The highest BCUT2D eigenvalue weighted by molar-refractivity contribution is 5.77. The molecule has 6 heteroatoms. The van der Waals surface area contributed by atoms with Crippen LogP contribution in [0.4, 0.5) is 0 Å². The van der Waals surface area contributed by atoms with E-state index in [2.05, 4.69) is 0 Å². The number of hydrogen-bond acceptors (Lipinski definition) is 5. The molecule has 3 N–H and O–H groups in total. The molecule has 6 nitrogen and oxygen atoms in total. The summed E-state index contributed by atoms with van der Waals surface area (Å²) >= 11 is 0. The van der Waals surface area contributed by atoms with Gasteiger partial charge in [0.05, 0.1) is 6.10 Å². The summed E-state index contributed by atoms with van der Waals surface area (Å²) in [5, 5.41) is 8.97. The Kier molecular flexibility index (Phi) is 3.53. The number of rotatable bonds is 5. The molecule has 0 saturated heterocycles. The zero-order valence-electron chi connectivity index (χ0n) is 10.9. The third-order valence-corrected chi connectivity index (χ3v) is 2.88. The molecule has 2 rings (SSSR count). The van der Waals surface area contributed by atoms with Gasteiger partial charge in [-0.2, -0.15) is 0 Å². The first-order valence-electron chi connectivity index (χ1n) is 5.97. The van der Waals surface area contributed by atoms with Gasteiger partial charge in [-0.05, 0) is 26.0 Å².